The number of hydrogen-bond donors (Lipinski definition) is 2. The van der Waals surface area contributed by atoms with Crippen molar-refractivity contribution >= 4 is 23.5 Å². The first-order chi connectivity index (χ1) is 13.3. The van der Waals surface area contributed by atoms with Crippen molar-refractivity contribution in [2.45, 2.75) is 59.2 Å². The molecule has 0 aliphatic carbocycles. The van der Waals surface area contributed by atoms with E-state index in [1.807, 2.05) is 32.4 Å². The number of amides is 4. The van der Waals surface area contributed by atoms with E-state index in [2.05, 4.69) is 15.7 Å². The molecule has 150 valence electrons. The van der Waals surface area contributed by atoms with Crippen LogP contribution >= 0.6 is 0 Å². The lowest BCUT2D eigenvalue weighted by atomic mass is 10.1. The van der Waals surface area contributed by atoms with Crippen molar-refractivity contribution in [2.24, 2.45) is 0 Å². The Labute approximate surface area is 163 Å². The first kappa shape index (κ1) is 19.7. The third-order valence-electron chi connectivity index (χ3n) is 4.74. The minimum Gasteiger partial charge on any atom is -0.467 e. The highest BCUT2D eigenvalue weighted by Gasteiger charge is 2.38. The van der Waals surface area contributed by atoms with Crippen LogP contribution in [0.2, 0.25) is 0 Å². The number of nitrogens with one attached hydrogen (secondary N) is 2. The van der Waals surface area contributed by atoms with Gasteiger partial charge in [-0.05, 0) is 46.2 Å². The largest absolute Gasteiger partial charge is 0.467 e. The molecule has 1 saturated heterocycles. The fourth-order valence-corrected chi connectivity index (χ4v) is 3.30. The van der Waals surface area contributed by atoms with E-state index in [0.29, 0.717) is 11.4 Å². The smallest absolute Gasteiger partial charge is 0.325 e. The van der Waals surface area contributed by atoms with Crippen LogP contribution in [0.25, 0.3) is 0 Å². The average molecular weight is 387 g/mol. The summed E-state index contributed by atoms with van der Waals surface area (Å²) in [5.41, 5.74) is 2.32. The molecule has 0 aromatic carbocycles. The summed E-state index contributed by atoms with van der Waals surface area (Å²) in [7, 11) is 0. The molecule has 3 rings (SSSR count). The summed E-state index contributed by atoms with van der Waals surface area (Å²) in [6, 6.07) is 2.39. The Balaban J connectivity index is 1.56. The van der Waals surface area contributed by atoms with Gasteiger partial charge in [-0.25, -0.2) is 4.79 Å². The molecule has 0 saturated carbocycles. The summed E-state index contributed by atoms with van der Waals surface area (Å²) >= 11 is 0. The molecule has 9 nitrogen and oxygen atoms in total. The molecule has 2 aromatic rings. The first-order valence-electron chi connectivity index (χ1n) is 9.27. The molecule has 3 heterocycles. The van der Waals surface area contributed by atoms with Crippen LogP contribution < -0.4 is 10.6 Å². The predicted molar refractivity (Wildman–Crippen MR) is 102 cm³/mol. The molecular formula is C19H25N5O4. The van der Waals surface area contributed by atoms with Gasteiger partial charge in [-0.2, -0.15) is 5.10 Å². The Morgan fingerprint density at radius 1 is 1.36 bits per heavy atom. The number of aromatic nitrogens is 2. The van der Waals surface area contributed by atoms with Gasteiger partial charge in [0.15, 0.2) is 0 Å². The van der Waals surface area contributed by atoms with E-state index in [-0.39, 0.29) is 37.2 Å². The number of urea groups is 1. The molecule has 1 aliphatic rings. The number of rotatable bonds is 7. The molecule has 2 aromatic heterocycles. The van der Waals surface area contributed by atoms with Gasteiger partial charge in [0.25, 0.3) is 5.91 Å². The Kier molecular flexibility index (Phi) is 5.53. The second-order valence-corrected chi connectivity index (χ2v) is 7.18. The van der Waals surface area contributed by atoms with Gasteiger partial charge in [0.1, 0.15) is 11.8 Å². The fraction of sp³-hybridized carbons (Fsp3) is 0.474. The van der Waals surface area contributed by atoms with Gasteiger partial charge >= 0.3 is 6.03 Å². The number of aryl methyl sites for hydroxylation is 1. The van der Waals surface area contributed by atoms with Crippen LogP contribution in [-0.4, -0.2) is 38.6 Å². The maximum Gasteiger partial charge on any atom is 0.325 e. The summed E-state index contributed by atoms with van der Waals surface area (Å²) < 4.78 is 7.05. The lowest BCUT2D eigenvalue weighted by molar-refractivity contribution is -0.128. The van der Waals surface area contributed by atoms with E-state index in [1.54, 1.807) is 12.1 Å². The molecule has 2 N–H and O–H groups in total. The fourth-order valence-electron chi connectivity index (χ4n) is 3.30. The highest BCUT2D eigenvalue weighted by molar-refractivity contribution is 6.04. The standard InChI is InChI=1S/C19H25N5O4/c1-11(2)24-13(4)17(12(3)22-24)21-16(25)8-7-15-18(26)23(19(27)20-15)10-14-6-5-9-28-14/h5-6,9,11,15H,7-8,10H2,1-4H3,(H,20,27)(H,21,25). The highest BCUT2D eigenvalue weighted by Crippen LogP contribution is 2.23. The number of hydrogen-bond acceptors (Lipinski definition) is 5. The Bertz CT molecular complexity index is 885. The normalized spacial score (nSPS) is 16.8. The van der Waals surface area contributed by atoms with Crippen LogP contribution in [0, 0.1) is 13.8 Å². The zero-order valence-electron chi connectivity index (χ0n) is 16.5. The number of anilines is 1. The minimum absolute atomic E-state index is 0.0765. The van der Waals surface area contributed by atoms with Gasteiger partial charge in [0.2, 0.25) is 5.91 Å². The number of furan rings is 1. The van der Waals surface area contributed by atoms with Crippen molar-refractivity contribution in [2.75, 3.05) is 5.32 Å². The topological polar surface area (TPSA) is 109 Å². The van der Waals surface area contributed by atoms with Gasteiger partial charge in [0.05, 0.1) is 29.9 Å². The monoisotopic (exact) mass is 387 g/mol. The van der Waals surface area contributed by atoms with E-state index in [4.69, 9.17) is 4.42 Å². The Hall–Kier alpha value is -3.10. The van der Waals surface area contributed by atoms with Crippen LogP contribution in [0.15, 0.2) is 22.8 Å². The number of nitrogens with zero attached hydrogens (tertiary/aromatic N) is 3. The molecule has 0 spiro atoms. The van der Waals surface area contributed by atoms with Crippen molar-refractivity contribution in [3.05, 3.63) is 35.5 Å². The lowest BCUT2D eigenvalue weighted by Gasteiger charge is -2.12. The summed E-state index contributed by atoms with van der Waals surface area (Å²) in [5, 5.41) is 9.95. The molecule has 28 heavy (non-hydrogen) atoms. The van der Waals surface area contributed by atoms with Crippen molar-refractivity contribution in [1.29, 1.82) is 0 Å². The van der Waals surface area contributed by atoms with Gasteiger partial charge in [0, 0.05) is 12.5 Å². The number of carbonyl (C=O) groups is 3. The van der Waals surface area contributed by atoms with Crippen molar-refractivity contribution < 1.29 is 18.8 Å². The van der Waals surface area contributed by atoms with Crippen molar-refractivity contribution in [3.8, 4) is 0 Å². The Morgan fingerprint density at radius 3 is 2.71 bits per heavy atom. The second kappa shape index (κ2) is 7.87. The van der Waals surface area contributed by atoms with E-state index >= 15 is 0 Å². The lowest BCUT2D eigenvalue weighted by Crippen LogP contribution is -2.31. The van der Waals surface area contributed by atoms with E-state index in [1.165, 1.54) is 6.26 Å². The molecule has 1 fully saturated rings. The third kappa shape index (κ3) is 3.92. The predicted octanol–water partition coefficient (Wildman–Crippen LogP) is 2.51. The minimum atomic E-state index is -0.714. The van der Waals surface area contributed by atoms with Crippen LogP contribution in [0.4, 0.5) is 10.5 Å². The van der Waals surface area contributed by atoms with Crippen molar-refractivity contribution in [1.82, 2.24) is 20.0 Å². The van der Waals surface area contributed by atoms with Crippen LogP contribution in [0.3, 0.4) is 0 Å². The molecule has 4 amide bonds. The summed E-state index contributed by atoms with van der Waals surface area (Å²) in [5.74, 6) is -0.0507. The maximum atomic E-state index is 12.5. The van der Waals surface area contributed by atoms with Crippen LogP contribution in [0.1, 0.15) is 49.9 Å². The third-order valence-corrected chi connectivity index (χ3v) is 4.74. The molecule has 1 atom stereocenters. The van der Waals surface area contributed by atoms with Gasteiger partial charge < -0.3 is 15.1 Å². The number of carbonyl (C=O) groups excluding carboxylic acids is 3. The molecule has 9 heteroatoms. The van der Waals surface area contributed by atoms with E-state index in [9.17, 15) is 14.4 Å². The van der Waals surface area contributed by atoms with Crippen molar-refractivity contribution in [3.63, 3.8) is 0 Å². The van der Waals surface area contributed by atoms with Gasteiger partial charge in [-0.1, -0.05) is 0 Å². The molecular weight excluding hydrogens is 362 g/mol. The number of imide groups is 1. The zero-order chi connectivity index (χ0) is 20.4. The summed E-state index contributed by atoms with van der Waals surface area (Å²) in [6.45, 7) is 7.87. The molecule has 1 aliphatic heterocycles. The van der Waals surface area contributed by atoms with E-state index in [0.717, 1.165) is 16.3 Å². The van der Waals surface area contributed by atoms with Gasteiger partial charge in [-0.3, -0.25) is 19.2 Å². The molecule has 1 unspecified atom stereocenters. The summed E-state index contributed by atoms with van der Waals surface area (Å²) in [6.07, 6.45) is 1.82. The van der Waals surface area contributed by atoms with E-state index < -0.39 is 12.1 Å². The highest BCUT2D eigenvalue weighted by atomic mass is 16.3. The maximum absolute atomic E-state index is 12.5. The average Bonchev–Trinajstić information content (AvgIpc) is 3.32. The first-order valence-corrected chi connectivity index (χ1v) is 9.27. The molecule has 0 bridgehead atoms. The zero-order valence-corrected chi connectivity index (χ0v) is 16.5. The Morgan fingerprint density at radius 2 is 2.11 bits per heavy atom. The SMILES string of the molecule is Cc1nn(C(C)C)c(C)c1NC(=O)CCC1NC(=O)N(Cc2ccco2)C1=O. The molecule has 0 radical (unpaired) electrons. The van der Waals surface area contributed by atoms with Crippen LogP contribution in [0.5, 0.6) is 0 Å². The van der Waals surface area contributed by atoms with Crippen LogP contribution in [-0.2, 0) is 16.1 Å². The summed E-state index contributed by atoms with van der Waals surface area (Å²) in [4.78, 5) is 38.0. The quantitative estimate of drug-likeness (QED) is 0.710. The second-order valence-electron chi connectivity index (χ2n) is 7.18. The van der Waals surface area contributed by atoms with Gasteiger partial charge in [-0.15, -0.1) is 0 Å².